The van der Waals surface area contributed by atoms with Gasteiger partial charge in [0.15, 0.2) is 0 Å². The largest absolute Gasteiger partial charge is 0.416 e. The molecule has 0 saturated carbocycles. The number of hydrogen-bond donors (Lipinski definition) is 1. The number of imide groups is 2. The van der Waals surface area contributed by atoms with Crippen molar-refractivity contribution >= 4 is 29.4 Å². The maximum atomic E-state index is 12.6. The third kappa shape index (κ3) is 3.84. The summed E-state index contributed by atoms with van der Waals surface area (Å²) < 4.78 is 37.9. The normalized spacial score (nSPS) is 14.9. The molecule has 0 radical (unpaired) electrons. The molecule has 0 bridgehead atoms. The molecule has 1 aromatic rings. The Balaban J connectivity index is 2.08. The van der Waals surface area contributed by atoms with Crippen LogP contribution in [0, 0.1) is 0 Å². The van der Waals surface area contributed by atoms with Crippen LogP contribution in [0.2, 0.25) is 0 Å². The van der Waals surface area contributed by atoms with Crippen molar-refractivity contribution in [3.05, 3.63) is 42.5 Å². The second-order valence-corrected chi connectivity index (χ2v) is 5.01. The predicted molar refractivity (Wildman–Crippen MR) is 79.1 cm³/mol. The standard InChI is InChI=1S/C15H12F3N3O4/c1-2-6-20-12(23)13(24)21(14(20)25)8-11(22)19-10-5-3-4-9(7-10)15(16,17)18/h2-5,7H,1,6,8H2,(H,19,22). The van der Waals surface area contributed by atoms with Gasteiger partial charge in [-0.05, 0) is 18.2 Å². The summed E-state index contributed by atoms with van der Waals surface area (Å²) in [5.41, 5.74) is -1.13. The summed E-state index contributed by atoms with van der Waals surface area (Å²) in [4.78, 5) is 48.2. The summed E-state index contributed by atoms with van der Waals surface area (Å²) >= 11 is 0. The molecule has 1 aliphatic heterocycles. The van der Waals surface area contributed by atoms with Crippen molar-refractivity contribution in [1.29, 1.82) is 0 Å². The topological polar surface area (TPSA) is 86.8 Å². The molecule has 10 heteroatoms. The van der Waals surface area contributed by atoms with E-state index in [1.807, 2.05) is 0 Å². The summed E-state index contributed by atoms with van der Waals surface area (Å²) in [6.07, 6.45) is -3.35. The van der Waals surface area contributed by atoms with Gasteiger partial charge in [-0.2, -0.15) is 13.2 Å². The number of anilines is 1. The monoisotopic (exact) mass is 355 g/mol. The quantitative estimate of drug-likeness (QED) is 0.494. The van der Waals surface area contributed by atoms with Crippen molar-refractivity contribution in [3.63, 3.8) is 0 Å². The molecule has 25 heavy (non-hydrogen) atoms. The van der Waals surface area contributed by atoms with E-state index in [2.05, 4.69) is 11.9 Å². The van der Waals surface area contributed by atoms with Crippen LogP contribution < -0.4 is 5.32 Å². The molecular weight excluding hydrogens is 343 g/mol. The highest BCUT2D eigenvalue weighted by Gasteiger charge is 2.44. The van der Waals surface area contributed by atoms with Gasteiger partial charge in [-0.25, -0.2) is 9.69 Å². The molecule has 1 saturated heterocycles. The lowest BCUT2D eigenvalue weighted by molar-refractivity contribution is -0.143. The van der Waals surface area contributed by atoms with Crippen LogP contribution in [0.1, 0.15) is 5.56 Å². The zero-order valence-corrected chi connectivity index (χ0v) is 12.7. The molecule has 7 nitrogen and oxygen atoms in total. The van der Waals surface area contributed by atoms with Gasteiger partial charge in [0, 0.05) is 12.2 Å². The van der Waals surface area contributed by atoms with Crippen LogP contribution in [0.15, 0.2) is 36.9 Å². The predicted octanol–water partition coefficient (Wildman–Crippen LogP) is 1.62. The number of benzene rings is 1. The van der Waals surface area contributed by atoms with Crippen molar-refractivity contribution in [2.45, 2.75) is 6.18 Å². The van der Waals surface area contributed by atoms with E-state index in [0.29, 0.717) is 15.9 Å². The number of alkyl halides is 3. The Bertz CT molecular complexity index is 761. The average molecular weight is 355 g/mol. The molecule has 0 spiro atoms. The molecule has 2 rings (SSSR count). The van der Waals surface area contributed by atoms with Crippen LogP contribution in [0.5, 0.6) is 0 Å². The van der Waals surface area contributed by atoms with Crippen molar-refractivity contribution in [3.8, 4) is 0 Å². The number of amides is 5. The van der Waals surface area contributed by atoms with E-state index in [9.17, 15) is 32.3 Å². The number of carbonyl (C=O) groups is 4. The first-order chi connectivity index (χ1) is 11.6. The highest BCUT2D eigenvalue weighted by Crippen LogP contribution is 2.30. The van der Waals surface area contributed by atoms with Gasteiger partial charge in [0.25, 0.3) is 0 Å². The number of nitrogens with one attached hydrogen (secondary N) is 1. The molecule has 1 fully saturated rings. The van der Waals surface area contributed by atoms with Crippen molar-refractivity contribution in [2.75, 3.05) is 18.4 Å². The van der Waals surface area contributed by atoms with E-state index in [1.54, 1.807) is 0 Å². The van der Waals surface area contributed by atoms with Crippen LogP contribution in [0.4, 0.5) is 23.7 Å². The van der Waals surface area contributed by atoms with Crippen LogP contribution in [-0.2, 0) is 20.6 Å². The Hall–Kier alpha value is -3.17. The van der Waals surface area contributed by atoms with E-state index >= 15 is 0 Å². The molecule has 1 aliphatic rings. The molecule has 0 unspecified atom stereocenters. The zero-order chi connectivity index (χ0) is 18.8. The Morgan fingerprint density at radius 3 is 2.40 bits per heavy atom. The highest BCUT2D eigenvalue weighted by atomic mass is 19.4. The first kappa shape index (κ1) is 18.2. The summed E-state index contributed by atoms with van der Waals surface area (Å²) in [6, 6.07) is 2.86. The van der Waals surface area contributed by atoms with Crippen LogP contribution >= 0.6 is 0 Å². The molecular formula is C15H12F3N3O4. The van der Waals surface area contributed by atoms with Crippen LogP contribution in [-0.4, -0.2) is 46.6 Å². The van der Waals surface area contributed by atoms with Crippen LogP contribution in [0.25, 0.3) is 0 Å². The molecule has 5 amide bonds. The fraction of sp³-hybridized carbons (Fsp3) is 0.200. The maximum absolute atomic E-state index is 12.6. The number of halogens is 3. The van der Waals surface area contributed by atoms with Gasteiger partial charge < -0.3 is 5.32 Å². The van der Waals surface area contributed by atoms with E-state index < -0.39 is 42.0 Å². The van der Waals surface area contributed by atoms with Gasteiger partial charge in [0.1, 0.15) is 6.54 Å². The Morgan fingerprint density at radius 2 is 1.80 bits per heavy atom. The lowest BCUT2D eigenvalue weighted by Crippen LogP contribution is -2.39. The second kappa shape index (κ2) is 6.75. The Morgan fingerprint density at radius 1 is 1.16 bits per heavy atom. The fourth-order valence-corrected chi connectivity index (χ4v) is 2.10. The first-order valence-corrected chi connectivity index (χ1v) is 6.90. The number of hydrogen-bond acceptors (Lipinski definition) is 4. The zero-order valence-electron chi connectivity index (χ0n) is 12.7. The molecule has 0 atom stereocenters. The van der Waals surface area contributed by atoms with Gasteiger partial charge >= 0.3 is 24.0 Å². The molecule has 1 heterocycles. The minimum Gasteiger partial charge on any atom is -0.325 e. The number of carbonyl (C=O) groups excluding carboxylic acids is 4. The second-order valence-electron chi connectivity index (χ2n) is 5.01. The fourth-order valence-electron chi connectivity index (χ4n) is 2.10. The van der Waals surface area contributed by atoms with Gasteiger partial charge in [-0.1, -0.05) is 12.1 Å². The number of urea groups is 1. The lowest BCUT2D eigenvalue weighted by atomic mass is 10.2. The first-order valence-electron chi connectivity index (χ1n) is 6.90. The van der Waals surface area contributed by atoms with E-state index in [4.69, 9.17) is 0 Å². The number of rotatable bonds is 5. The van der Waals surface area contributed by atoms with Crippen molar-refractivity contribution in [2.24, 2.45) is 0 Å². The van der Waals surface area contributed by atoms with Crippen LogP contribution in [0.3, 0.4) is 0 Å². The van der Waals surface area contributed by atoms with Crippen molar-refractivity contribution in [1.82, 2.24) is 9.80 Å². The maximum Gasteiger partial charge on any atom is 0.416 e. The smallest absolute Gasteiger partial charge is 0.325 e. The highest BCUT2D eigenvalue weighted by molar-refractivity contribution is 6.45. The van der Waals surface area contributed by atoms with Gasteiger partial charge in [0.2, 0.25) is 5.91 Å². The molecule has 1 N–H and O–H groups in total. The Labute approximate surface area is 139 Å². The van der Waals surface area contributed by atoms with Gasteiger partial charge in [0.05, 0.1) is 5.56 Å². The average Bonchev–Trinajstić information content (AvgIpc) is 2.72. The van der Waals surface area contributed by atoms with E-state index in [1.165, 1.54) is 12.1 Å². The number of nitrogens with zero attached hydrogens (tertiary/aromatic N) is 2. The van der Waals surface area contributed by atoms with Gasteiger partial charge in [-0.15, -0.1) is 6.58 Å². The molecule has 132 valence electrons. The third-order valence-corrected chi connectivity index (χ3v) is 3.22. The van der Waals surface area contributed by atoms with Crippen molar-refractivity contribution < 1.29 is 32.3 Å². The van der Waals surface area contributed by atoms with Gasteiger partial charge in [-0.3, -0.25) is 19.3 Å². The summed E-state index contributed by atoms with van der Waals surface area (Å²) in [5, 5.41) is 2.15. The third-order valence-electron chi connectivity index (χ3n) is 3.22. The molecule has 1 aromatic carbocycles. The molecule has 0 aromatic heterocycles. The Kier molecular flexibility index (Phi) is 4.91. The minimum atomic E-state index is -4.58. The molecule has 0 aliphatic carbocycles. The van der Waals surface area contributed by atoms with E-state index in [0.717, 1.165) is 12.1 Å². The SMILES string of the molecule is C=CCN1C(=O)C(=O)N(CC(=O)Nc2cccc(C(F)(F)F)c2)C1=O. The summed E-state index contributed by atoms with van der Waals surface area (Å²) in [7, 11) is 0. The van der Waals surface area contributed by atoms with E-state index in [-0.39, 0.29) is 12.2 Å². The minimum absolute atomic E-state index is 0.159. The lowest BCUT2D eigenvalue weighted by Gasteiger charge is -2.14. The summed E-state index contributed by atoms with van der Waals surface area (Å²) in [5.74, 6) is -3.21. The summed E-state index contributed by atoms with van der Waals surface area (Å²) in [6.45, 7) is 2.34.